The molecule has 1 aromatic carbocycles. The Labute approximate surface area is 105 Å². The fourth-order valence-corrected chi connectivity index (χ4v) is 2.04. The first kappa shape index (κ1) is 11.5. The Morgan fingerprint density at radius 1 is 1.44 bits per heavy atom. The molecule has 1 aromatic heterocycles. The number of hydrogen-bond acceptors (Lipinski definition) is 2. The molecule has 0 amide bonds. The summed E-state index contributed by atoms with van der Waals surface area (Å²) in [5, 5.41) is 8.92. The first-order chi connectivity index (χ1) is 7.63. The maximum atomic E-state index is 13.6. The Morgan fingerprint density at radius 3 is 2.81 bits per heavy atom. The zero-order valence-corrected chi connectivity index (χ0v) is 10.8. The largest absolute Gasteiger partial charge is 0.313 e. The molecule has 0 aliphatic rings. The predicted molar refractivity (Wildman–Crippen MR) is 64.0 cm³/mol. The Hall–Kier alpha value is -0.940. The molecule has 2 aromatic rings. The lowest BCUT2D eigenvalue weighted by atomic mass is 10.2. The van der Waals surface area contributed by atoms with E-state index in [0.29, 0.717) is 21.7 Å². The SMILES string of the molecule is Cn1c(CBr)nnc1-c1cc(Cl)ccc1F. The van der Waals surface area contributed by atoms with Crippen LogP contribution in [0.5, 0.6) is 0 Å². The van der Waals surface area contributed by atoms with E-state index in [1.807, 2.05) is 0 Å². The molecule has 0 aliphatic carbocycles. The number of hydrogen-bond donors (Lipinski definition) is 0. The van der Waals surface area contributed by atoms with Gasteiger partial charge in [-0.15, -0.1) is 10.2 Å². The molecular weight excluding hydrogens is 296 g/mol. The molecule has 0 N–H and O–H groups in total. The summed E-state index contributed by atoms with van der Waals surface area (Å²) in [6.45, 7) is 0. The molecule has 0 atom stereocenters. The highest BCUT2D eigenvalue weighted by Gasteiger charge is 2.14. The van der Waals surface area contributed by atoms with Crippen molar-refractivity contribution in [2.75, 3.05) is 0 Å². The first-order valence-electron chi connectivity index (χ1n) is 4.53. The van der Waals surface area contributed by atoms with E-state index in [9.17, 15) is 4.39 Å². The van der Waals surface area contributed by atoms with Gasteiger partial charge in [-0.05, 0) is 18.2 Å². The van der Waals surface area contributed by atoms with Gasteiger partial charge in [-0.1, -0.05) is 27.5 Å². The number of alkyl halides is 1. The number of nitrogens with zero attached hydrogens (tertiary/aromatic N) is 3. The molecule has 2 rings (SSSR count). The third-order valence-electron chi connectivity index (χ3n) is 2.25. The molecule has 0 spiro atoms. The summed E-state index contributed by atoms with van der Waals surface area (Å²) in [6, 6.07) is 4.36. The van der Waals surface area contributed by atoms with Crippen molar-refractivity contribution in [3.05, 3.63) is 34.9 Å². The van der Waals surface area contributed by atoms with Crippen molar-refractivity contribution in [2.24, 2.45) is 7.05 Å². The van der Waals surface area contributed by atoms with Crippen LogP contribution in [0.3, 0.4) is 0 Å². The summed E-state index contributed by atoms with van der Waals surface area (Å²) in [7, 11) is 1.78. The van der Waals surface area contributed by atoms with Crippen molar-refractivity contribution in [1.29, 1.82) is 0 Å². The number of benzene rings is 1. The van der Waals surface area contributed by atoms with Gasteiger partial charge in [-0.2, -0.15) is 0 Å². The van der Waals surface area contributed by atoms with Gasteiger partial charge in [-0.3, -0.25) is 0 Å². The summed E-state index contributed by atoms with van der Waals surface area (Å²) in [4.78, 5) is 0. The smallest absolute Gasteiger partial charge is 0.166 e. The van der Waals surface area contributed by atoms with Gasteiger partial charge in [-0.25, -0.2) is 4.39 Å². The highest BCUT2D eigenvalue weighted by atomic mass is 79.9. The highest BCUT2D eigenvalue weighted by Crippen LogP contribution is 2.24. The van der Waals surface area contributed by atoms with Gasteiger partial charge in [0.25, 0.3) is 0 Å². The highest BCUT2D eigenvalue weighted by molar-refractivity contribution is 9.08. The van der Waals surface area contributed by atoms with Crippen molar-refractivity contribution < 1.29 is 4.39 Å². The van der Waals surface area contributed by atoms with Crippen LogP contribution in [0.15, 0.2) is 18.2 Å². The minimum Gasteiger partial charge on any atom is -0.313 e. The van der Waals surface area contributed by atoms with E-state index in [2.05, 4.69) is 26.1 Å². The van der Waals surface area contributed by atoms with Gasteiger partial charge < -0.3 is 4.57 Å². The van der Waals surface area contributed by atoms with Crippen molar-refractivity contribution in [2.45, 2.75) is 5.33 Å². The Bertz CT molecular complexity index is 527. The van der Waals surface area contributed by atoms with Crippen LogP contribution in [0.1, 0.15) is 5.82 Å². The van der Waals surface area contributed by atoms with Gasteiger partial charge in [0.05, 0.1) is 10.9 Å². The fraction of sp³-hybridized carbons (Fsp3) is 0.200. The lowest BCUT2D eigenvalue weighted by Gasteiger charge is -2.04. The zero-order chi connectivity index (χ0) is 11.7. The topological polar surface area (TPSA) is 30.7 Å². The Balaban J connectivity index is 2.58. The van der Waals surface area contributed by atoms with Crippen LogP contribution in [0.2, 0.25) is 5.02 Å². The lowest BCUT2D eigenvalue weighted by Crippen LogP contribution is -1.98. The van der Waals surface area contributed by atoms with Crippen LogP contribution in [0.4, 0.5) is 4.39 Å². The average Bonchev–Trinajstić information content (AvgIpc) is 2.63. The second kappa shape index (κ2) is 4.51. The molecule has 3 nitrogen and oxygen atoms in total. The van der Waals surface area contributed by atoms with Crippen molar-refractivity contribution in [3.63, 3.8) is 0 Å². The minimum atomic E-state index is -0.360. The summed E-state index contributed by atoms with van der Waals surface area (Å²) in [5.41, 5.74) is 0.356. The van der Waals surface area contributed by atoms with Crippen molar-refractivity contribution >= 4 is 27.5 Å². The molecule has 0 unspecified atom stereocenters. The predicted octanol–water partition coefficient (Wildman–Crippen LogP) is 3.17. The monoisotopic (exact) mass is 303 g/mol. The average molecular weight is 305 g/mol. The maximum absolute atomic E-state index is 13.6. The van der Waals surface area contributed by atoms with Crippen molar-refractivity contribution in [3.8, 4) is 11.4 Å². The minimum absolute atomic E-state index is 0.356. The molecule has 0 radical (unpaired) electrons. The third-order valence-corrected chi connectivity index (χ3v) is 2.99. The van der Waals surface area contributed by atoms with E-state index in [0.717, 1.165) is 5.82 Å². The molecule has 0 saturated heterocycles. The van der Waals surface area contributed by atoms with Crippen LogP contribution in [-0.2, 0) is 12.4 Å². The standard InChI is InChI=1S/C10H8BrClFN3/c1-16-9(5-11)14-15-10(16)7-4-6(12)2-3-8(7)13/h2-4H,5H2,1H3. The number of aromatic nitrogens is 3. The third kappa shape index (κ3) is 1.97. The second-order valence-corrected chi connectivity index (χ2v) is 4.25. The van der Waals surface area contributed by atoms with Crippen LogP contribution < -0.4 is 0 Å². The fourth-order valence-electron chi connectivity index (χ4n) is 1.38. The van der Waals surface area contributed by atoms with Gasteiger partial charge in [0.2, 0.25) is 0 Å². The van der Waals surface area contributed by atoms with E-state index < -0.39 is 0 Å². The van der Waals surface area contributed by atoms with E-state index in [1.54, 1.807) is 17.7 Å². The Kier molecular flexibility index (Phi) is 3.25. The van der Waals surface area contributed by atoms with E-state index in [4.69, 9.17) is 11.6 Å². The van der Waals surface area contributed by atoms with Crippen LogP contribution in [0, 0.1) is 5.82 Å². The quantitative estimate of drug-likeness (QED) is 0.798. The van der Waals surface area contributed by atoms with E-state index in [1.165, 1.54) is 12.1 Å². The summed E-state index contributed by atoms with van der Waals surface area (Å²) in [6.07, 6.45) is 0. The maximum Gasteiger partial charge on any atom is 0.166 e. The molecule has 16 heavy (non-hydrogen) atoms. The van der Waals surface area contributed by atoms with E-state index >= 15 is 0 Å². The van der Waals surface area contributed by atoms with Gasteiger partial charge in [0, 0.05) is 12.1 Å². The second-order valence-electron chi connectivity index (χ2n) is 3.26. The summed E-state index contributed by atoms with van der Waals surface area (Å²) < 4.78 is 15.3. The molecular formula is C10H8BrClFN3. The number of halogens is 3. The molecule has 6 heteroatoms. The summed E-state index contributed by atoms with van der Waals surface area (Å²) in [5.74, 6) is 0.838. The number of rotatable bonds is 2. The Morgan fingerprint density at radius 2 is 2.19 bits per heavy atom. The lowest BCUT2D eigenvalue weighted by molar-refractivity contribution is 0.628. The molecule has 1 heterocycles. The molecule has 0 fully saturated rings. The van der Waals surface area contributed by atoms with E-state index in [-0.39, 0.29) is 5.82 Å². The molecule has 84 valence electrons. The molecule has 0 saturated carbocycles. The molecule has 0 bridgehead atoms. The van der Waals surface area contributed by atoms with Crippen LogP contribution in [-0.4, -0.2) is 14.8 Å². The summed E-state index contributed by atoms with van der Waals surface area (Å²) >= 11 is 9.11. The first-order valence-corrected chi connectivity index (χ1v) is 6.03. The van der Waals surface area contributed by atoms with Crippen LogP contribution in [0.25, 0.3) is 11.4 Å². The van der Waals surface area contributed by atoms with Gasteiger partial charge >= 0.3 is 0 Å². The normalized spacial score (nSPS) is 10.8. The van der Waals surface area contributed by atoms with Gasteiger partial charge in [0.15, 0.2) is 5.82 Å². The molecule has 0 aliphatic heterocycles. The van der Waals surface area contributed by atoms with Crippen molar-refractivity contribution in [1.82, 2.24) is 14.8 Å². The van der Waals surface area contributed by atoms with Crippen LogP contribution >= 0.6 is 27.5 Å². The van der Waals surface area contributed by atoms with Gasteiger partial charge in [0.1, 0.15) is 11.6 Å². The zero-order valence-electron chi connectivity index (χ0n) is 8.41.